The van der Waals surface area contributed by atoms with Crippen LogP contribution < -0.4 is 5.32 Å². The van der Waals surface area contributed by atoms with Crippen LogP contribution in [0.25, 0.3) is 0 Å². The Balaban J connectivity index is 2.23. The molecule has 1 aromatic carbocycles. The standard InChI is InChI=1S/C16H27N3/c1-17-15-9-5-7-13(11-15)16(18(2)3)14-8-6-10-19(4)12-14/h5,7,9,11,14,16-17H,6,8,10,12H2,1-4H3. The fraction of sp³-hybridized carbons (Fsp3) is 0.625. The van der Waals surface area contributed by atoms with Crippen LogP contribution in [0.3, 0.4) is 0 Å². The fourth-order valence-corrected chi connectivity index (χ4v) is 3.33. The van der Waals surface area contributed by atoms with Gasteiger partial charge in [-0.25, -0.2) is 0 Å². The largest absolute Gasteiger partial charge is 0.388 e. The van der Waals surface area contributed by atoms with Gasteiger partial charge in [-0.2, -0.15) is 0 Å². The van der Waals surface area contributed by atoms with Crippen molar-refractivity contribution in [3.63, 3.8) is 0 Å². The minimum Gasteiger partial charge on any atom is -0.388 e. The summed E-state index contributed by atoms with van der Waals surface area (Å²) in [5, 5.41) is 3.24. The molecule has 0 aliphatic carbocycles. The van der Waals surface area contributed by atoms with Crippen molar-refractivity contribution in [2.75, 3.05) is 46.6 Å². The number of hydrogen-bond donors (Lipinski definition) is 1. The van der Waals surface area contributed by atoms with Crippen molar-refractivity contribution >= 4 is 5.69 Å². The van der Waals surface area contributed by atoms with Crippen molar-refractivity contribution in [2.24, 2.45) is 5.92 Å². The van der Waals surface area contributed by atoms with Crippen molar-refractivity contribution < 1.29 is 0 Å². The summed E-state index contributed by atoms with van der Waals surface area (Å²) in [5.74, 6) is 0.723. The number of likely N-dealkylation sites (tertiary alicyclic amines) is 1. The number of hydrogen-bond acceptors (Lipinski definition) is 3. The van der Waals surface area contributed by atoms with Crippen molar-refractivity contribution in [3.8, 4) is 0 Å². The predicted molar refractivity (Wildman–Crippen MR) is 82.6 cm³/mol. The zero-order valence-corrected chi connectivity index (χ0v) is 12.7. The second-order valence-electron chi connectivity index (χ2n) is 5.95. The number of rotatable bonds is 4. The highest BCUT2D eigenvalue weighted by Gasteiger charge is 2.28. The quantitative estimate of drug-likeness (QED) is 0.899. The molecule has 0 spiro atoms. The predicted octanol–water partition coefficient (Wildman–Crippen LogP) is 2.67. The molecule has 1 heterocycles. The Morgan fingerprint density at radius 3 is 2.79 bits per heavy atom. The maximum atomic E-state index is 3.24. The topological polar surface area (TPSA) is 18.5 Å². The molecule has 1 aromatic rings. The molecular weight excluding hydrogens is 234 g/mol. The highest BCUT2D eigenvalue weighted by Crippen LogP contribution is 2.33. The van der Waals surface area contributed by atoms with Gasteiger partial charge in [0.1, 0.15) is 0 Å². The number of nitrogens with one attached hydrogen (secondary N) is 1. The molecule has 3 nitrogen and oxygen atoms in total. The molecule has 19 heavy (non-hydrogen) atoms. The zero-order valence-electron chi connectivity index (χ0n) is 12.7. The van der Waals surface area contributed by atoms with Crippen molar-refractivity contribution in [1.82, 2.24) is 9.80 Å². The molecule has 2 rings (SSSR count). The van der Waals surface area contributed by atoms with Gasteiger partial charge in [0, 0.05) is 25.3 Å². The third-order valence-corrected chi connectivity index (χ3v) is 4.18. The molecule has 0 radical (unpaired) electrons. The molecule has 1 saturated heterocycles. The van der Waals surface area contributed by atoms with Crippen LogP contribution in [0, 0.1) is 5.92 Å². The first kappa shape index (κ1) is 14.4. The molecular formula is C16H27N3. The lowest BCUT2D eigenvalue weighted by Crippen LogP contribution is -2.39. The first-order valence-corrected chi connectivity index (χ1v) is 7.24. The van der Waals surface area contributed by atoms with Gasteiger partial charge in [-0.1, -0.05) is 12.1 Å². The third-order valence-electron chi connectivity index (χ3n) is 4.18. The van der Waals surface area contributed by atoms with Crippen LogP contribution in [-0.2, 0) is 0 Å². The Morgan fingerprint density at radius 1 is 1.37 bits per heavy atom. The number of nitrogens with zero attached hydrogens (tertiary/aromatic N) is 2. The van der Waals surface area contributed by atoms with E-state index < -0.39 is 0 Å². The molecule has 0 saturated carbocycles. The van der Waals surface area contributed by atoms with Gasteiger partial charge < -0.3 is 15.1 Å². The normalized spacial score (nSPS) is 22.5. The molecule has 1 aliphatic rings. The molecule has 2 unspecified atom stereocenters. The summed E-state index contributed by atoms with van der Waals surface area (Å²) in [6, 6.07) is 9.35. The van der Waals surface area contributed by atoms with Crippen LogP contribution >= 0.6 is 0 Å². The van der Waals surface area contributed by atoms with Gasteiger partial charge in [0.2, 0.25) is 0 Å². The van der Waals surface area contributed by atoms with E-state index in [-0.39, 0.29) is 0 Å². The van der Waals surface area contributed by atoms with Crippen molar-refractivity contribution in [3.05, 3.63) is 29.8 Å². The van der Waals surface area contributed by atoms with E-state index in [2.05, 4.69) is 60.5 Å². The average molecular weight is 261 g/mol. The second-order valence-corrected chi connectivity index (χ2v) is 5.95. The Hall–Kier alpha value is -1.06. The summed E-state index contributed by atoms with van der Waals surface area (Å²) in [5.41, 5.74) is 2.63. The van der Waals surface area contributed by atoms with Gasteiger partial charge in [-0.05, 0) is 64.1 Å². The van der Waals surface area contributed by atoms with E-state index in [1.165, 1.54) is 37.2 Å². The highest BCUT2D eigenvalue weighted by atomic mass is 15.1. The molecule has 1 fully saturated rings. The minimum absolute atomic E-state index is 0.510. The van der Waals surface area contributed by atoms with E-state index in [4.69, 9.17) is 0 Å². The molecule has 3 heteroatoms. The van der Waals surface area contributed by atoms with Crippen LogP contribution in [-0.4, -0.2) is 51.1 Å². The molecule has 0 bridgehead atoms. The Bertz CT molecular complexity index is 403. The minimum atomic E-state index is 0.510. The van der Waals surface area contributed by atoms with Crippen molar-refractivity contribution in [2.45, 2.75) is 18.9 Å². The maximum Gasteiger partial charge on any atom is 0.0383 e. The lowest BCUT2D eigenvalue weighted by Gasteiger charge is -2.38. The maximum absolute atomic E-state index is 3.24. The lowest BCUT2D eigenvalue weighted by atomic mass is 9.86. The van der Waals surface area contributed by atoms with Gasteiger partial charge in [0.25, 0.3) is 0 Å². The smallest absolute Gasteiger partial charge is 0.0383 e. The SMILES string of the molecule is CNc1cccc(C(C2CCCN(C)C2)N(C)C)c1. The summed E-state index contributed by atoms with van der Waals surface area (Å²) < 4.78 is 0. The zero-order chi connectivity index (χ0) is 13.8. The Labute approximate surface area is 117 Å². The fourth-order valence-electron chi connectivity index (χ4n) is 3.33. The Kier molecular flexibility index (Phi) is 4.83. The van der Waals surface area contributed by atoms with Gasteiger partial charge in [-0.3, -0.25) is 0 Å². The molecule has 1 N–H and O–H groups in total. The average Bonchev–Trinajstić information content (AvgIpc) is 2.39. The summed E-state index contributed by atoms with van der Waals surface area (Å²) in [4.78, 5) is 4.84. The first-order chi connectivity index (χ1) is 9.11. The molecule has 0 aromatic heterocycles. The van der Waals surface area contributed by atoms with Gasteiger partial charge in [0.05, 0.1) is 0 Å². The third kappa shape index (κ3) is 3.48. The van der Waals surface area contributed by atoms with E-state index in [0.717, 1.165) is 5.92 Å². The van der Waals surface area contributed by atoms with E-state index in [9.17, 15) is 0 Å². The summed E-state index contributed by atoms with van der Waals surface area (Å²) in [6.45, 7) is 2.44. The van der Waals surface area contributed by atoms with Crippen LogP contribution in [0.5, 0.6) is 0 Å². The van der Waals surface area contributed by atoms with Crippen molar-refractivity contribution in [1.29, 1.82) is 0 Å². The van der Waals surface area contributed by atoms with Crippen LogP contribution in [0.1, 0.15) is 24.4 Å². The van der Waals surface area contributed by atoms with Gasteiger partial charge >= 0.3 is 0 Å². The molecule has 106 valence electrons. The second kappa shape index (κ2) is 6.40. The monoisotopic (exact) mass is 261 g/mol. The van der Waals surface area contributed by atoms with E-state index in [1.54, 1.807) is 0 Å². The molecule has 0 amide bonds. The molecule has 2 atom stereocenters. The van der Waals surface area contributed by atoms with E-state index >= 15 is 0 Å². The first-order valence-electron chi connectivity index (χ1n) is 7.24. The van der Waals surface area contributed by atoms with Gasteiger partial charge in [-0.15, -0.1) is 0 Å². The van der Waals surface area contributed by atoms with Crippen LogP contribution in [0.15, 0.2) is 24.3 Å². The number of piperidine rings is 1. The van der Waals surface area contributed by atoms with E-state index in [0.29, 0.717) is 6.04 Å². The summed E-state index contributed by atoms with van der Waals surface area (Å²) in [6.07, 6.45) is 2.65. The van der Waals surface area contributed by atoms with Crippen LogP contribution in [0.2, 0.25) is 0 Å². The molecule has 1 aliphatic heterocycles. The van der Waals surface area contributed by atoms with E-state index in [1.807, 2.05) is 7.05 Å². The lowest BCUT2D eigenvalue weighted by molar-refractivity contribution is 0.122. The number of anilines is 1. The Morgan fingerprint density at radius 2 is 2.16 bits per heavy atom. The summed E-state index contributed by atoms with van der Waals surface area (Å²) >= 11 is 0. The summed E-state index contributed by atoms with van der Waals surface area (Å²) in [7, 11) is 8.62. The van der Waals surface area contributed by atoms with Gasteiger partial charge in [0.15, 0.2) is 0 Å². The highest BCUT2D eigenvalue weighted by molar-refractivity contribution is 5.46. The van der Waals surface area contributed by atoms with Crippen LogP contribution in [0.4, 0.5) is 5.69 Å². The number of benzene rings is 1.